The van der Waals surface area contributed by atoms with E-state index in [9.17, 15) is 8.42 Å². The standard InChI is InChI=1S/C10H11NO4S/c1-16(12,13)14-7-6-9-8-4-2-3-5-10(8)15-11-9/h2-5H,6-7H2,1H3. The average Bonchev–Trinajstić information content (AvgIpc) is 2.60. The highest BCUT2D eigenvalue weighted by molar-refractivity contribution is 7.85. The Morgan fingerprint density at radius 1 is 1.38 bits per heavy atom. The first kappa shape index (κ1) is 11.1. The highest BCUT2D eigenvalue weighted by atomic mass is 32.2. The monoisotopic (exact) mass is 241 g/mol. The largest absolute Gasteiger partial charge is 0.356 e. The van der Waals surface area contributed by atoms with Gasteiger partial charge >= 0.3 is 0 Å². The van der Waals surface area contributed by atoms with Crippen molar-refractivity contribution in [1.29, 1.82) is 0 Å². The van der Waals surface area contributed by atoms with Crippen molar-refractivity contribution in [2.24, 2.45) is 0 Å². The molecule has 0 aliphatic carbocycles. The summed E-state index contributed by atoms with van der Waals surface area (Å²) in [5.74, 6) is 0. The second kappa shape index (κ2) is 4.23. The Morgan fingerprint density at radius 2 is 2.12 bits per heavy atom. The lowest BCUT2D eigenvalue weighted by Crippen LogP contribution is -2.06. The molecule has 0 spiro atoms. The molecule has 1 aromatic heterocycles. The molecule has 0 bridgehead atoms. The molecule has 0 fully saturated rings. The topological polar surface area (TPSA) is 69.4 Å². The van der Waals surface area contributed by atoms with Crippen molar-refractivity contribution in [1.82, 2.24) is 5.16 Å². The molecule has 0 unspecified atom stereocenters. The molecule has 0 saturated heterocycles. The van der Waals surface area contributed by atoms with E-state index in [1.54, 1.807) is 0 Å². The minimum atomic E-state index is -3.39. The summed E-state index contributed by atoms with van der Waals surface area (Å²) in [5.41, 5.74) is 1.40. The fourth-order valence-electron chi connectivity index (χ4n) is 1.41. The second-order valence-corrected chi connectivity index (χ2v) is 5.05. The summed E-state index contributed by atoms with van der Waals surface area (Å²) >= 11 is 0. The molecule has 0 radical (unpaired) electrons. The van der Waals surface area contributed by atoms with Crippen LogP contribution in [-0.2, 0) is 20.7 Å². The fourth-order valence-corrected chi connectivity index (χ4v) is 1.79. The summed E-state index contributed by atoms with van der Waals surface area (Å²) in [5, 5.41) is 4.75. The Kier molecular flexibility index (Phi) is 2.93. The zero-order chi connectivity index (χ0) is 11.6. The number of aromatic nitrogens is 1. The number of nitrogens with zero attached hydrogens (tertiary/aromatic N) is 1. The van der Waals surface area contributed by atoms with Crippen molar-refractivity contribution in [2.75, 3.05) is 12.9 Å². The van der Waals surface area contributed by atoms with E-state index in [-0.39, 0.29) is 6.61 Å². The first-order chi connectivity index (χ1) is 7.56. The molecule has 6 heteroatoms. The van der Waals surface area contributed by atoms with Crippen LogP contribution in [0, 0.1) is 0 Å². The van der Waals surface area contributed by atoms with Gasteiger partial charge in [0.1, 0.15) is 0 Å². The van der Waals surface area contributed by atoms with E-state index in [0.717, 1.165) is 11.6 Å². The third kappa shape index (κ3) is 2.59. The first-order valence-corrected chi connectivity index (χ1v) is 6.55. The van der Waals surface area contributed by atoms with E-state index in [2.05, 4.69) is 9.34 Å². The molecule has 5 nitrogen and oxygen atoms in total. The van der Waals surface area contributed by atoms with E-state index < -0.39 is 10.1 Å². The SMILES string of the molecule is CS(=O)(=O)OCCc1noc2ccccc12. The Balaban J connectivity index is 2.10. The smallest absolute Gasteiger partial charge is 0.264 e. The van der Waals surface area contributed by atoms with Crippen LogP contribution in [0.2, 0.25) is 0 Å². The predicted octanol–water partition coefficient (Wildman–Crippen LogP) is 1.35. The van der Waals surface area contributed by atoms with Crippen LogP contribution in [0.1, 0.15) is 5.69 Å². The van der Waals surface area contributed by atoms with Gasteiger partial charge in [-0.05, 0) is 12.1 Å². The van der Waals surface area contributed by atoms with Crippen LogP contribution in [-0.4, -0.2) is 26.4 Å². The van der Waals surface area contributed by atoms with Gasteiger partial charge in [-0.3, -0.25) is 4.18 Å². The van der Waals surface area contributed by atoms with Gasteiger partial charge in [0, 0.05) is 11.8 Å². The van der Waals surface area contributed by atoms with Crippen LogP contribution < -0.4 is 0 Å². The van der Waals surface area contributed by atoms with Crippen molar-refractivity contribution in [2.45, 2.75) is 6.42 Å². The Hall–Kier alpha value is -1.40. The van der Waals surface area contributed by atoms with Crippen LogP contribution in [0.25, 0.3) is 11.0 Å². The summed E-state index contributed by atoms with van der Waals surface area (Å²) in [4.78, 5) is 0. The Bertz CT molecular complexity index is 588. The van der Waals surface area contributed by atoms with E-state index in [0.29, 0.717) is 17.7 Å². The molecule has 0 atom stereocenters. The zero-order valence-electron chi connectivity index (χ0n) is 8.71. The van der Waals surface area contributed by atoms with Gasteiger partial charge in [0.15, 0.2) is 5.58 Å². The highest BCUT2D eigenvalue weighted by Gasteiger charge is 2.08. The molecular weight excluding hydrogens is 230 g/mol. The highest BCUT2D eigenvalue weighted by Crippen LogP contribution is 2.18. The van der Waals surface area contributed by atoms with Gasteiger partial charge in [-0.25, -0.2) is 0 Å². The van der Waals surface area contributed by atoms with Crippen LogP contribution >= 0.6 is 0 Å². The van der Waals surface area contributed by atoms with Gasteiger partial charge in [-0.2, -0.15) is 8.42 Å². The molecule has 86 valence electrons. The zero-order valence-corrected chi connectivity index (χ0v) is 9.53. The molecule has 0 aliphatic heterocycles. The maximum absolute atomic E-state index is 10.8. The van der Waals surface area contributed by atoms with E-state index in [1.807, 2.05) is 24.3 Å². The molecule has 0 amide bonds. The molecule has 2 aromatic rings. The molecule has 0 aliphatic rings. The van der Waals surface area contributed by atoms with E-state index in [1.165, 1.54) is 0 Å². The molecule has 1 heterocycles. The maximum atomic E-state index is 10.8. The fraction of sp³-hybridized carbons (Fsp3) is 0.300. The second-order valence-electron chi connectivity index (χ2n) is 3.40. The molecule has 16 heavy (non-hydrogen) atoms. The summed E-state index contributed by atoms with van der Waals surface area (Å²) in [6, 6.07) is 7.41. The summed E-state index contributed by atoms with van der Waals surface area (Å²) in [6.45, 7) is 0.0787. The first-order valence-electron chi connectivity index (χ1n) is 4.74. The molecule has 1 aromatic carbocycles. The quantitative estimate of drug-likeness (QED) is 0.756. The number of hydrogen-bond donors (Lipinski definition) is 0. The van der Waals surface area contributed by atoms with Gasteiger partial charge in [-0.15, -0.1) is 0 Å². The van der Waals surface area contributed by atoms with Gasteiger partial charge in [-0.1, -0.05) is 17.3 Å². The van der Waals surface area contributed by atoms with Crippen molar-refractivity contribution < 1.29 is 17.1 Å². The van der Waals surface area contributed by atoms with Gasteiger partial charge < -0.3 is 4.52 Å². The van der Waals surface area contributed by atoms with Crippen molar-refractivity contribution in [3.05, 3.63) is 30.0 Å². The average molecular weight is 241 g/mol. The molecule has 0 saturated carbocycles. The normalized spacial score (nSPS) is 12.1. The van der Waals surface area contributed by atoms with Crippen molar-refractivity contribution >= 4 is 21.1 Å². The number of benzene rings is 1. The Labute approximate surface area is 93.1 Å². The lowest BCUT2D eigenvalue weighted by molar-refractivity contribution is 0.321. The predicted molar refractivity (Wildman–Crippen MR) is 58.5 cm³/mol. The maximum Gasteiger partial charge on any atom is 0.264 e. The van der Waals surface area contributed by atoms with Crippen LogP contribution in [0.5, 0.6) is 0 Å². The third-order valence-electron chi connectivity index (χ3n) is 2.09. The number of rotatable bonds is 4. The number of para-hydroxylation sites is 1. The van der Waals surface area contributed by atoms with Gasteiger partial charge in [0.25, 0.3) is 10.1 Å². The Morgan fingerprint density at radius 3 is 2.88 bits per heavy atom. The van der Waals surface area contributed by atoms with Crippen molar-refractivity contribution in [3.8, 4) is 0 Å². The number of hydrogen-bond acceptors (Lipinski definition) is 5. The molecular formula is C10H11NO4S. The molecule has 0 N–H and O–H groups in total. The van der Waals surface area contributed by atoms with Crippen LogP contribution in [0.4, 0.5) is 0 Å². The van der Waals surface area contributed by atoms with Crippen LogP contribution in [0.3, 0.4) is 0 Å². The summed E-state index contributed by atoms with van der Waals surface area (Å²) in [7, 11) is -3.39. The minimum absolute atomic E-state index is 0.0787. The summed E-state index contributed by atoms with van der Waals surface area (Å²) < 4.78 is 31.2. The van der Waals surface area contributed by atoms with E-state index in [4.69, 9.17) is 4.52 Å². The molecule has 2 rings (SSSR count). The van der Waals surface area contributed by atoms with Gasteiger partial charge in [0.05, 0.1) is 18.6 Å². The van der Waals surface area contributed by atoms with Gasteiger partial charge in [0.2, 0.25) is 0 Å². The third-order valence-corrected chi connectivity index (χ3v) is 2.68. The van der Waals surface area contributed by atoms with Crippen LogP contribution in [0.15, 0.2) is 28.8 Å². The van der Waals surface area contributed by atoms with E-state index >= 15 is 0 Å². The lowest BCUT2D eigenvalue weighted by Gasteiger charge is -1.98. The number of fused-ring (bicyclic) bond motifs is 1. The summed E-state index contributed by atoms with van der Waals surface area (Å²) in [6.07, 6.45) is 1.43. The lowest BCUT2D eigenvalue weighted by atomic mass is 10.2. The minimum Gasteiger partial charge on any atom is -0.356 e. The van der Waals surface area contributed by atoms with Crippen molar-refractivity contribution in [3.63, 3.8) is 0 Å².